The maximum atomic E-state index is 12.0. The van der Waals surface area contributed by atoms with Gasteiger partial charge in [-0.3, -0.25) is 0 Å². The molecule has 0 bridgehead atoms. The Morgan fingerprint density at radius 2 is 2.24 bits per heavy atom. The lowest BCUT2D eigenvalue weighted by molar-refractivity contribution is 0.239. The van der Waals surface area contributed by atoms with Crippen LogP contribution in [0.5, 0.6) is 5.75 Å². The maximum Gasteiger partial charge on any atom is 0.319 e. The van der Waals surface area contributed by atoms with E-state index in [2.05, 4.69) is 10.6 Å². The first-order valence-electron chi connectivity index (χ1n) is 7.91. The van der Waals surface area contributed by atoms with Gasteiger partial charge in [0.15, 0.2) is 0 Å². The highest BCUT2D eigenvalue weighted by Crippen LogP contribution is 2.22. The predicted molar refractivity (Wildman–Crippen MR) is 93.9 cm³/mol. The molecule has 2 amide bonds. The highest BCUT2D eigenvalue weighted by Gasteiger charge is 2.26. The Kier molecular flexibility index (Phi) is 6.22. The van der Waals surface area contributed by atoms with E-state index in [1.807, 2.05) is 6.07 Å². The van der Waals surface area contributed by atoms with Gasteiger partial charge in [-0.05, 0) is 37.0 Å². The summed E-state index contributed by atoms with van der Waals surface area (Å²) in [7, 11) is -1.73. The number of hydrogen-bond acceptors (Lipinski definition) is 5. The lowest BCUT2D eigenvalue weighted by Gasteiger charge is -2.30. The summed E-state index contributed by atoms with van der Waals surface area (Å²) in [5, 5.41) is 14.5. The summed E-state index contributed by atoms with van der Waals surface area (Å²) in [6, 6.07) is 6.39. The molecule has 0 saturated carbocycles. The number of carbonyl (C=O) groups excluding carboxylic acids is 1. The van der Waals surface area contributed by atoms with Crippen LogP contribution in [0.15, 0.2) is 18.2 Å². The van der Waals surface area contributed by atoms with Gasteiger partial charge in [-0.25, -0.2) is 17.5 Å². The van der Waals surface area contributed by atoms with E-state index in [-0.39, 0.29) is 5.92 Å². The van der Waals surface area contributed by atoms with Crippen molar-refractivity contribution in [1.82, 2.24) is 9.62 Å². The third-order valence-corrected chi connectivity index (χ3v) is 5.35. The number of methoxy groups -OCH3 is 1. The van der Waals surface area contributed by atoms with E-state index >= 15 is 0 Å². The number of hydrogen-bond donors (Lipinski definition) is 2. The van der Waals surface area contributed by atoms with E-state index in [0.717, 1.165) is 12.8 Å². The summed E-state index contributed by atoms with van der Waals surface area (Å²) in [4.78, 5) is 12.0. The molecule has 0 radical (unpaired) electrons. The molecule has 1 fully saturated rings. The van der Waals surface area contributed by atoms with Crippen LogP contribution in [0.3, 0.4) is 0 Å². The number of amides is 2. The molecule has 1 aliphatic heterocycles. The van der Waals surface area contributed by atoms with Gasteiger partial charge in [-0.15, -0.1) is 0 Å². The molecule has 0 aromatic heterocycles. The monoisotopic (exact) mass is 366 g/mol. The van der Waals surface area contributed by atoms with Crippen molar-refractivity contribution >= 4 is 21.7 Å². The fourth-order valence-electron chi connectivity index (χ4n) is 2.78. The Hall–Kier alpha value is -2.31. The van der Waals surface area contributed by atoms with E-state index < -0.39 is 16.1 Å². The second-order valence-corrected chi connectivity index (χ2v) is 7.97. The van der Waals surface area contributed by atoms with Crippen LogP contribution in [0.25, 0.3) is 0 Å². The van der Waals surface area contributed by atoms with Crippen LogP contribution in [0.1, 0.15) is 18.4 Å². The van der Waals surface area contributed by atoms with Crippen LogP contribution in [0.2, 0.25) is 0 Å². The number of sulfonamides is 1. The Labute approximate surface area is 147 Å². The lowest BCUT2D eigenvalue weighted by atomic mass is 10.00. The minimum atomic E-state index is -3.20. The van der Waals surface area contributed by atoms with Gasteiger partial charge in [0.2, 0.25) is 10.0 Å². The molecule has 0 unspecified atom stereocenters. The van der Waals surface area contributed by atoms with Gasteiger partial charge < -0.3 is 15.4 Å². The van der Waals surface area contributed by atoms with E-state index in [1.165, 1.54) is 23.7 Å². The van der Waals surface area contributed by atoms with Gasteiger partial charge in [0.1, 0.15) is 11.8 Å². The van der Waals surface area contributed by atoms with E-state index in [1.54, 1.807) is 12.1 Å². The number of rotatable bonds is 5. The van der Waals surface area contributed by atoms with Crippen molar-refractivity contribution in [2.75, 3.05) is 38.3 Å². The number of nitriles is 1. The van der Waals surface area contributed by atoms with Gasteiger partial charge in [-0.2, -0.15) is 5.26 Å². The zero-order valence-electron chi connectivity index (χ0n) is 14.3. The van der Waals surface area contributed by atoms with Crippen molar-refractivity contribution in [3.8, 4) is 11.8 Å². The number of carbonyl (C=O) groups is 1. The molecule has 8 nitrogen and oxygen atoms in total. The molecular weight excluding hydrogens is 344 g/mol. The molecule has 2 rings (SSSR count). The standard InChI is InChI=1S/C16H22N4O4S/c1-24-15-6-5-14(8-13(15)9-17)19-16(21)18-10-12-4-3-7-20(11-12)25(2,22)23/h5-6,8,12H,3-4,7,10-11H2,1-2H3,(H2,18,19,21)/t12-/m0/s1. The Morgan fingerprint density at radius 3 is 2.88 bits per heavy atom. The number of nitrogens with one attached hydrogen (secondary N) is 2. The van der Waals surface area contributed by atoms with Crippen molar-refractivity contribution in [2.45, 2.75) is 12.8 Å². The smallest absolute Gasteiger partial charge is 0.319 e. The van der Waals surface area contributed by atoms with Crippen LogP contribution in [-0.2, 0) is 10.0 Å². The summed E-state index contributed by atoms with van der Waals surface area (Å²) in [5.41, 5.74) is 0.813. The van der Waals surface area contributed by atoms with Crippen molar-refractivity contribution in [1.29, 1.82) is 5.26 Å². The van der Waals surface area contributed by atoms with Crippen molar-refractivity contribution in [2.24, 2.45) is 5.92 Å². The number of nitrogens with zero attached hydrogens (tertiary/aromatic N) is 2. The highest BCUT2D eigenvalue weighted by atomic mass is 32.2. The third kappa shape index (κ3) is 5.34. The fourth-order valence-corrected chi connectivity index (χ4v) is 3.72. The molecule has 25 heavy (non-hydrogen) atoms. The second-order valence-electron chi connectivity index (χ2n) is 5.99. The van der Waals surface area contributed by atoms with Crippen LogP contribution in [-0.4, -0.2) is 51.8 Å². The van der Waals surface area contributed by atoms with Crippen molar-refractivity contribution in [3.63, 3.8) is 0 Å². The molecule has 2 N–H and O–H groups in total. The summed E-state index contributed by atoms with van der Waals surface area (Å²) in [6.45, 7) is 1.34. The minimum Gasteiger partial charge on any atom is -0.495 e. The number of ether oxygens (including phenoxy) is 1. The zero-order valence-corrected chi connectivity index (χ0v) is 15.1. The Bertz CT molecular complexity index is 773. The SMILES string of the molecule is COc1ccc(NC(=O)NC[C@@H]2CCCN(S(C)(=O)=O)C2)cc1C#N. The fraction of sp³-hybridized carbons (Fsp3) is 0.500. The molecular formula is C16H22N4O4S. The van der Waals surface area contributed by atoms with Gasteiger partial charge in [0.25, 0.3) is 0 Å². The molecule has 1 heterocycles. The first-order chi connectivity index (χ1) is 11.8. The molecule has 1 aromatic carbocycles. The van der Waals surface area contributed by atoms with E-state index in [9.17, 15) is 13.2 Å². The van der Waals surface area contributed by atoms with Crippen LogP contribution < -0.4 is 15.4 Å². The van der Waals surface area contributed by atoms with Gasteiger partial charge in [0.05, 0.1) is 18.9 Å². The summed E-state index contributed by atoms with van der Waals surface area (Å²) in [5.74, 6) is 0.524. The van der Waals surface area contributed by atoms with E-state index in [0.29, 0.717) is 36.6 Å². The molecule has 1 aliphatic rings. The van der Waals surface area contributed by atoms with Gasteiger partial charge in [-0.1, -0.05) is 0 Å². The number of benzene rings is 1. The summed E-state index contributed by atoms with van der Waals surface area (Å²) >= 11 is 0. The third-order valence-electron chi connectivity index (χ3n) is 4.08. The molecule has 1 saturated heterocycles. The Balaban J connectivity index is 1.88. The zero-order chi connectivity index (χ0) is 18.4. The van der Waals surface area contributed by atoms with Gasteiger partial charge >= 0.3 is 6.03 Å². The molecule has 0 aliphatic carbocycles. The molecule has 1 aromatic rings. The van der Waals surface area contributed by atoms with Crippen LogP contribution in [0.4, 0.5) is 10.5 Å². The van der Waals surface area contributed by atoms with Crippen molar-refractivity contribution < 1.29 is 17.9 Å². The average Bonchev–Trinajstić information content (AvgIpc) is 2.59. The maximum absolute atomic E-state index is 12.0. The number of anilines is 1. The van der Waals surface area contributed by atoms with Crippen LogP contribution in [0, 0.1) is 17.2 Å². The topological polar surface area (TPSA) is 112 Å². The quantitative estimate of drug-likeness (QED) is 0.817. The van der Waals surface area contributed by atoms with Crippen molar-refractivity contribution in [3.05, 3.63) is 23.8 Å². The Morgan fingerprint density at radius 1 is 1.48 bits per heavy atom. The second kappa shape index (κ2) is 8.18. The molecule has 0 spiro atoms. The minimum absolute atomic E-state index is 0.0831. The molecule has 1 atom stereocenters. The van der Waals surface area contributed by atoms with Crippen LogP contribution >= 0.6 is 0 Å². The normalized spacial score (nSPS) is 18.2. The first-order valence-corrected chi connectivity index (χ1v) is 9.76. The largest absolute Gasteiger partial charge is 0.495 e. The first kappa shape index (κ1) is 19.0. The number of piperidine rings is 1. The summed E-state index contributed by atoms with van der Waals surface area (Å²) < 4.78 is 29.7. The molecule has 9 heteroatoms. The lowest BCUT2D eigenvalue weighted by Crippen LogP contribution is -2.43. The van der Waals surface area contributed by atoms with E-state index in [4.69, 9.17) is 10.00 Å². The highest BCUT2D eigenvalue weighted by molar-refractivity contribution is 7.88. The summed E-state index contributed by atoms with van der Waals surface area (Å²) in [6.07, 6.45) is 2.85. The molecule has 136 valence electrons. The predicted octanol–water partition coefficient (Wildman–Crippen LogP) is 1.36. The average molecular weight is 366 g/mol. The number of urea groups is 1. The van der Waals surface area contributed by atoms with Gasteiger partial charge in [0, 0.05) is 25.3 Å².